The summed E-state index contributed by atoms with van der Waals surface area (Å²) in [6.07, 6.45) is 5.02. The van der Waals surface area contributed by atoms with Gasteiger partial charge in [-0.25, -0.2) is 4.98 Å². The third-order valence-electron chi connectivity index (χ3n) is 3.42. The molecule has 5 heteroatoms. The first-order valence-electron chi connectivity index (χ1n) is 6.15. The number of nitrogens with zero attached hydrogens (tertiary/aromatic N) is 1. The number of hydrogen-bond donors (Lipinski definition) is 1. The van der Waals surface area contributed by atoms with Crippen LogP contribution in [0.4, 0.5) is 0 Å². The zero-order chi connectivity index (χ0) is 13.1. The van der Waals surface area contributed by atoms with Crippen LogP contribution in [0, 0.1) is 11.8 Å². The molecule has 1 heterocycles. The van der Waals surface area contributed by atoms with Gasteiger partial charge >= 0.3 is 0 Å². The van der Waals surface area contributed by atoms with Gasteiger partial charge in [0.2, 0.25) is 0 Å². The predicted molar refractivity (Wildman–Crippen MR) is 73.1 cm³/mol. The molecule has 18 heavy (non-hydrogen) atoms. The van der Waals surface area contributed by atoms with Crippen LogP contribution in [0.15, 0.2) is 12.3 Å². The topological polar surface area (TPSA) is 42.0 Å². The Morgan fingerprint density at radius 1 is 1.50 bits per heavy atom. The van der Waals surface area contributed by atoms with Crippen molar-refractivity contribution in [3.63, 3.8) is 0 Å². The number of amides is 1. The normalized spacial score (nSPS) is 23.1. The van der Waals surface area contributed by atoms with Crippen LogP contribution in [-0.4, -0.2) is 17.4 Å². The van der Waals surface area contributed by atoms with Crippen molar-refractivity contribution in [2.24, 2.45) is 11.8 Å². The maximum atomic E-state index is 12.0. The first kappa shape index (κ1) is 13.6. The van der Waals surface area contributed by atoms with Crippen LogP contribution in [-0.2, 0) is 0 Å². The van der Waals surface area contributed by atoms with Crippen molar-refractivity contribution in [1.29, 1.82) is 0 Å². The number of halogens is 2. The number of carbonyl (C=O) groups excluding carboxylic acids is 1. The Morgan fingerprint density at radius 2 is 2.28 bits per heavy atom. The van der Waals surface area contributed by atoms with E-state index in [0.29, 0.717) is 23.0 Å². The van der Waals surface area contributed by atoms with Gasteiger partial charge in [-0.15, -0.1) is 0 Å². The molecule has 0 spiro atoms. The van der Waals surface area contributed by atoms with E-state index in [4.69, 9.17) is 23.2 Å². The van der Waals surface area contributed by atoms with Crippen LogP contribution in [0.25, 0.3) is 0 Å². The van der Waals surface area contributed by atoms with Crippen LogP contribution < -0.4 is 5.32 Å². The molecule has 0 aromatic carbocycles. The number of carbonyl (C=O) groups is 1. The van der Waals surface area contributed by atoms with Crippen molar-refractivity contribution in [3.05, 3.63) is 28.0 Å². The average molecular weight is 287 g/mol. The summed E-state index contributed by atoms with van der Waals surface area (Å²) in [7, 11) is 0. The van der Waals surface area contributed by atoms with E-state index in [-0.39, 0.29) is 11.1 Å². The summed E-state index contributed by atoms with van der Waals surface area (Å²) >= 11 is 11.7. The molecular weight excluding hydrogens is 271 g/mol. The lowest BCUT2D eigenvalue weighted by Gasteiger charge is -2.11. The van der Waals surface area contributed by atoms with Gasteiger partial charge in [-0.05, 0) is 30.7 Å². The zero-order valence-electron chi connectivity index (χ0n) is 10.2. The molecule has 0 radical (unpaired) electrons. The lowest BCUT2D eigenvalue weighted by atomic mass is 10.1. The molecule has 2 rings (SSSR count). The molecule has 1 N–H and O–H groups in total. The number of pyridine rings is 1. The van der Waals surface area contributed by atoms with Crippen molar-refractivity contribution >= 4 is 29.1 Å². The summed E-state index contributed by atoms with van der Waals surface area (Å²) in [4.78, 5) is 15.8. The maximum absolute atomic E-state index is 12.0. The minimum Gasteiger partial charge on any atom is -0.352 e. The SMILES string of the molecule is CC1CCC(CNC(=O)c2cc(Cl)ncc2Cl)C1. The molecular formula is C13H16Cl2N2O. The third-order valence-corrected chi connectivity index (χ3v) is 3.93. The number of nitrogens with one attached hydrogen (secondary N) is 1. The van der Waals surface area contributed by atoms with Crippen molar-refractivity contribution in [1.82, 2.24) is 10.3 Å². The van der Waals surface area contributed by atoms with Gasteiger partial charge in [-0.1, -0.05) is 36.5 Å². The fourth-order valence-electron chi connectivity index (χ4n) is 2.43. The average Bonchev–Trinajstić information content (AvgIpc) is 2.75. The Morgan fingerprint density at radius 3 is 2.94 bits per heavy atom. The van der Waals surface area contributed by atoms with Gasteiger partial charge in [0.05, 0.1) is 10.6 Å². The molecule has 0 saturated heterocycles. The van der Waals surface area contributed by atoms with E-state index in [9.17, 15) is 4.79 Å². The minimum absolute atomic E-state index is 0.177. The molecule has 1 aromatic rings. The monoisotopic (exact) mass is 286 g/mol. The molecule has 1 aliphatic carbocycles. The molecule has 0 bridgehead atoms. The molecule has 1 aromatic heterocycles. The lowest BCUT2D eigenvalue weighted by molar-refractivity contribution is 0.0947. The summed E-state index contributed by atoms with van der Waals surface area (Å²) in [5, 5.41) is 3.53. The highest BCUT2D eigenvalue weighted by Gasteiger charge is 2.22. The van der Waals surface area contributed by atoms with E-state index < -0.39 is 0 Å². The van der Waals surface area contributed by atoms with Gasteiger partial charge in [-0.3, -0.25) is 4.79 Å². The number of aromatic nitrogens is 1. The van der Waals surface area contributed by atoms with E-state index in [1.54, 1.807) is 0 Å². The second kappa shape index (κ2) is 5.89. The van der Waals surface area contributed by atoms with Gasteiger partial charge < -0.3 is 5.32 Å². The summed E-state index contributed by atoms with van der Waals surface area (Å²) in [6, 6.07) is 1.50. The quantitative estimate of drug-likeness (QED) is 0.864. The molecule has 2 atom stereocenters. The molecule has 1 aliphatic rings. The van der Waals surface area contributed by atoms with Crippen molar-refractivity contribution in [2.75, 3.05) is 6.54 Å². The highest BCUT2D eigenvalue weighted by molar-refractivity contribution is 6.35. The van der Waals surface area contributed by atoms with Crippen LogP contribution in [0.1, 0.15) is 36.5 Å². The Hall–Kier alpha value is -0.800. The second-order valence-corrected chi connectivity index (χ2v) is 5.78. The summed E-state index contributed by atoms with van der Waals surface area (Å²) in [5.74, 6) is 1.18. The Balaban J connectivity index is 1.93. The Bertz CT molecular complexity index is 451. The van der Waals surface area contributed by atoms with E-state index in [1.807, 2.05) is 0 Å². The standard InChI is InChI=1S/C13H16Cl2N2O/c1-8-2-3-9(4-8)6-17-13(18)10-5-12(15)16-7-11(10)14/h5,7-9H,2-4,6H2,1H3,(H,17,18). The molecule has 1 saturated carbocycles. The summed E-state index contributed by atoms with van der Waals surface area (Å²) in [5.41, 5.74) is 0.391. The van der Waals surface area contributed by atoms with Crippen molar-refractivity contribution < 1.29 is 4.79 Å². The fourth-order valence-corrected chi connectivity index (χ4v) is 2.78. The van der Waals surface area contributed by atoms with E-state index in [0.717, 1.165) is 5.92 Å². The molecule has 1 fully saturated rings. The Labute approximate surface area is 117 Å². The molecule has 3 nitrogen and oxygen atoms in total. The molecule has 2 unspecified atom stereocenters. The summed E-state index contributed by atoms with van der Waals surface area (Å²) in [6.45, 7) is 2.96. The number of hydrogen-bond acceptors (Lipinski definition) is 2. The van der Waals surface area contributed by atoms with Crippen LogP contribution in [0.2, 0.25) is 10.2 Å². The molecule has 98 valence electrons. The molecule has 1 amide bonds. The van der Waals surface area contributed by atoms with E-state index >= 15 is 0 Å². The van der Waals surface area contributed by atoms with Gasteiger partial charge in [0, 0.05) is 12.7 Å². The first-order valence-corrected chi connectivity index (χ1v) is 6.91. The van der Waals surface area contributed by atoms with Gasteiger partial charge in [-0.2, -0.15) is 0 Å². The fraction of sp³-hybridized carbons (Fsp3) is 0.538. The van der Waals surface area contributed by atoms with Gasteiger partial charge in [0.15, 0.2) is 0 Å². The lowest BCUT2D eigenvalue weighted by Crippen LogP contribution is -2.28. The second-order valence-electron chi connectivity index (χ2n) is 4.98. The molecule has 0 aliphatic heterocycles. The van der Waals surface area contributed by atoms with Crippen LogP contribution in [0.3, 0.4) is 0 Å². The van der Waals surface area contributed by atoms with E-state index in [2.05, 4.69) is 17.2 Å². The van der Waals surface area contributed by atoms with Crippen LogP contribution >= 0.6 is 23.2 Å². The van der Waals surface area contributed by atoms with E-state index in [1.165, 1.54) is 31.5 Å². The third kappa shape index (κ3) is 3.36. The first-order chi connectivity index (χ1) is 8.56. The predicted octanol–water partition coefficient (Wildman–Crippen LogP) is 3.55. The van der Waals surface area contributed by atoms with Crippen molar-refractivity contribution in [2.45, 2.75) is 26.2 Å². The Kier molecular flexibility index (Phi) is 4.46. The van der Waals surface area contributed by atoms with Gasteiger partial charge in [0.1, 0.15) is 5.15 Å². The van der Waals surface area contributed by atoms with Crippen molar-refractivity contribution in [3.8, 4) is 0 Å². The largest absolute Gasteiger partial charge is 0.352 e. The maximum Gasteiger partial charge on any atom is 0.252 e. The van der Waals surface area contributed by atoms with Crippen LogP contribution in [0.5, 0.6) is 0 Å². The van der Waals surface area contributed by atoms with Gasteiger partial charge in [0.25, 0.3) is 5.91 Å². The summed E-state index contributed by atoms with van der Waals surface area (Å²) < 4.78 is 0. The highest BCUT2D eigenvalue weighted by atomic mass is 35.5. The highest BCUT2D eigenvalue weighted by Crippen LogP contribution is 2.29. The number of rotatable bonds is 3. The smallest absolute Gasteiger partial charge is 0.252 e. The minimum atomic E-state index is -0.177. The zero-order valence-corrected chi connectivity index (χ0v) is 11.8.